The van der Waals surface area contributed by atoms with E-state index in [4.69, 9.17) is 4.74 Å². The van der Waals surface area contributed by atoms with Gasteiger partial charge in [0.05, 0.1) is 6.21 Å². The molecule has 0 aromatic heterocycles. The topological polar surface area (TPSA) is 50.7 Å². The summed E-state index contributed by atoms with van der Waals surface area (Å²) < 4.78 is 6.43. The molecule has 2 aromatic carbocycles. The smallest absolute Gasteiger partial charge is 0.277 e. The second kappa shape index (κ2) is 7.75. The molecule has 0 radical (unpaired) electrons. The first-order valence-corrected chi connectivity index (χ1v) is 7.61. The molecule has 1 N–H and O–H groups in total. The lowest BCUT2D eigenvalue weighted by molar-refractivity contribution is -0.123. The Balaban J connectivity index is 1.80. The number of nitrogens with one attached hydrogen (secondary N) is 1. The van der Waals surface area contributed by atoms with E-state index in [9.17, 15) is 4.79 Å². The molecule has 0 saturated heterocycles. The molecular formula is C17H17BrN2O2. The third-order valence-corrected chi connectivity index (χ3v) is 3.65. The molecule has 0 heterocycles. The first-order chi connectivity index (χ1) is 10.5. The van der Waals surface area contributed by atoms with Gasteiger partial charge < -0.3 is 4.74 Å². The Morgan fingerprint density at radius 2 is 1.91 bits per heavy atom. The Labute approximate surface area is 138 Å². The number of ether oxygens (including phenoxy) is 1. The molecule has 2 aromatic rings. The second-order valence-corrected chi connectivity index (χ2v) is 5.80. The van der Waals surface area contributed by atoms with Crippen LogP contribution in [0.5, 0.6) is 5.75 Å². The van der Waals surface area contributed by atoms with Crippen LogP contribution in [0.15, 0.2) is 52.0 Å². The minimum Gasteiger partial charge on any atom is -0.484 e. The van der Waals surface area contributed by atoms with E-state index in [1.165, 1.54) is 5.56 Å². The molecule has 0 aliphatic heterocycles. The molecule has 4 nitrogen and oxygen atoms in total. The van der Waals surface area contributed by atoms with Gasteiger partial charge in [0, 0.05) is 4.47 Å². The average molecular weight is 361 g/mol. The van der Waals surface area contributed by atoms with Crippen LogP contribution in [-0.2, 0) is 4.79 Å². The molecule has 2 rings (SSSR count). The summed E-state index contributed by atoms with van der Waals surface area (Å²) >= 11 is 3.36. The van der Waals surface area contributed by atoms with Gasteiger partial charge in [-0.15, -0.1) is 0 Å². The minimum absolute atomic E-state index is 0.0693. The third kappa shape index (κ3) is 5.00. The van der Waals surface area contributed by atoms with E-state index >= 15 is 0 Å². The van der Waals surface area contributed by atoms with Crippen molar-refractivity contribution in [2.45, 2.75) is 13.8 Å². The number of amides is 1. The van der Waals surface area contributed by atoms with Crippen molar-refractivity contribution < 1.29 is 9.53 Å². The molecule has 0 saturated carbocycles. The molecule has 0 unspecified atom stereocenters. The van der Waals surface area contributed by atoms with Crippen molar-refractivity contribution in [2.75, 3.05) is 6.61 Å². The lowest BCUT2D eigenvalue weighted by Gasteiger charge is -2.07. The highest BCUT2D eigenvalue weighted by Gasteiger charge is 2.02. The van der Waals surface area contributed by atoms with Gasteiger partial charge in [0.25, 0.3) is 5.91 Å². The van der Waals surface area contributed by atoms with E-state index in [1.54, 1.807) is 6.21 Å². The van der Waals surface area contributed by atoms with Gasteiger partial charge in [-0.2, -0.15) is 5.10 Å². The second-order valence-electron chi connectivity index (χ2n) is 4.88. The van der Waals surface area contributed by atoms with Crippen molar-refractivity contribution in [1.82, 2.24) is 5.43 Å². The summed E-state index contributed by atoms with van der Waals surface area (Å²) in [4.78, 5) is 11.7. The normalized spacial score (nSPS) is 10.7. The Bertz CT molecular complexity index is 682. The minimum atomic E-state index is -0.299. The van der Waals surface area contributed by atoms with Gasteiger partial charge >= 0.3 is 0 Å². The number of nitrogens with zero attached hydrogens (tertiary/aromatic N) is 1. The van der Waals surface area contributed by atoms with Crippen LogP contribution in [0.25, 0.3) is 0 Å². The Kier molecular flexibility index (Phi) is 5.72. The first-order valence-electron chi connectivity index (χ1n) is 6.82. The fraction of sp³-hybridized carbons (Fsp3) is 0.176. The van der Waals surface area contributed by atoms with E-state index in [-0.39, 0.29) is 12.5 Å². The van der Waals surface area contributed by atoms with Gasteiger partial charge in [-0.3, -0.25) is 4.79 Å². The van der Waals surface area contributed by atoms with Crippen LogP contribution in [0.1, 0.15) is 16.7 Å². The highest BCUT2D eigenvalue weighted by atomic mass is 79.9. The Hall–Kier alpha value is -2.14. The van der Waals surface area contributed by atoms with Crippen molar-refractivity contribution in [3.63, 3.8) is 0 Å². The molecular weight excluding hydrogens is 344 g/mol. The number of hydrazone groups is 1. The zero-order valence-electron chi connectivity index (χ0n) is 12.5. The molecule has 0 atom stereocenters. The van der Waals surface area contributed by atoms with E-state index in [0.29, 0.717) is 5.75 Å². The molecule has 114 valence electrons. The number of hydrogen-bond acceptors (Lipinski definition) is 3. The summed E-state index contributed by atoms with van der Waals surface area (Å²) in [6.45, 7) is 3.97. The maximum Gasteiger partial charge on any atom is 0.277 e. The quantitative estimate of drug-likeness (QED) is 0.654. The van der Waals surface area contributed by atoms with Crippen molar-refractivity contribution in [3.05, 3.63) is 63.6 Å². The maximum absolute atomic E-state index is 11.7. The summed E-state index contributed by atoms with van der Waals surface area (Å²) in [6, 6.07) is 13.3. The number of benzene rings is 2. The number of hydrogen-bond donors (Lipinski definition) is 1. The van der Waals surface area contributed by atoms with Gasteiger partial charge in [-0.05, 0) is 54.8 Å². The fourth-order valence-electron chi connectivity index (χ4n) is 1.71. The molecule has 0 spiro atoms. The lowest BCUT2D eigenvalue weighted by Crippen LogP contribution is -2.24. The zero-order chi connectivity index (χ0) is 15.9. The van der Waals surface area contributed by atoms with Crippen LogP contribution in [-0.4, -0.2) is 18.7 Å². The van der Waals surface area contributed by atoms with E-state index in [0.717, 1.165) is 15.6 Å². The summed E-state index contributed by atoms with van der Waals surface area (Å²) in [5.41, 5.74) is 5.66. The Morgan fingerprint density at radius 1 is 1.18 bits per heavy atom. The monoisotopic (exact) mass is 360 g/mol. The van der Waals surface area contributed by atoms with Crippen LogP contribution in [0, 0.1) is 13.8 Å². The summed E-state index contributed by atoms with van der Waals surface area (Å²) in [5, 5.41) is 3.90. The Morgan fingerprint density at radius 3 is 2.59 bits per heavy atom. The molecule has 0 aliphatic rings. The van der Waals surface area contributed by atoms with Crippen molar-refractivity contribution in [2.24, 2.45) is 5.10 Å². The predicted octanol–water partition coefficient (Wildman–Crippen LogP) is 3.60. The molecule has 1 amide bonds. The van der Waals surface area contributed by atoms with Crippen molar-refractivity contribution >= 4 is 28.1 Å². The standard InChI is InChI=1S/C17H17BrN2O2/c1-12-3-8-16(9-13(12)2)22-11-17(21)20-19-10-14-4-6-15(18)7-5-14/h3-10H,11H2,1-2H3,(H,20,21)/b19-10+. The molecule has 0 bridgehead atoms. The summed E-state index contributed by atoms with van der Waals surface area (Å²) in [5.74, 6) is 0.377. The van der Waals surface area contributed by atoms with Crippen LogP contribution in [0.4, 0.5) is 0 Å². The zero-order valence-corrected chi connectivity index (χ0v) is 14.1. The molecule has 0 fully saturated rings. The van der Waals surface area contributed by atoms with E-state index in [1.807, 2.05) is 56.3 Å². The predicted molar refractivity (Wildman–Crippen MR) is 91.3 cm³/mol. The molecule has 0 aliphatic carbocycles. The van der Waals surface area contributed by atoms with Gasteiger partial charge in [-0.25, -0.2) is 5.43 Å². The highest BCUT2D eigenvalue weighted by molar-refractivity contribution is 9.10. The summed E-state index contributed by atoms with van der Waals surface area (Å²) in [6.07, 6.45) is 1.58. The largest absolute Gasteiger partial charge is 0.484 e. The highest BCUT2D eigenvalue weighted by Crippen LogP contribution is 2.16. The van der Waals surface area contributed by atoms with E-state index < -0.39 is 0 Å². The number of carbonyl (C=O) groups is 1. The van der Waals surface area contributed by atoms with Crippen molar-refractivity contribution in [3.8, 4) is 5.75 Å². The van der Waals surface area contributed by atoms with E-state index in [2.05, 4.69) is 26.5 Å². The molecule has 22 heavy (non-hydrogen) atoms. The fourth-order valence-corrected chi connectivity index (χ4v) is 1.98. The van der Waals surface area contributed by atoms with Gasteiger partial charge in [0.2, 0.25) is 0 Å². The third-order valence-electron chi connectivity index (χ3n) is 3.12. The lowest BCUT2D eigenvalue weighted by atomic mass is 10.1. The maximum atomic E-state index is 11.7. The van der Waals surface area contributed by atoms with Crippen LogP contribution in [0.3, 0.4) is 0 Å². The number of rotatable bonds is 5. The van der Waals surface area contributed by atoms with Gasteiger partial charge in [-0.1, -0.05) is 34.1 Å². The summed E-state index contributed by atoms with van der Waals surface area (Å²) in [7, 11) is 0. The van der Waals surface area contributed by atoms with Crippen LogP contribution < -0.4 is 10.2 Å². The first kappa shape index (κ1) is 16.2. The van der Waals surface area contributed by atoms with Crippen LogP contribution >= 0.6 is 15.9 Å². The number of carbonyl (C=O) groups excluding carboxylic acids is 1. The van der Waals surface area contributed by atoms with Gasteiger partial charge in [0.1, 0.15) is 5.75 Å². The molecule has 5 heteroatoms. The number of halogens is 1. The SMILES string of the molecule is Cc1ccc(OCC(=O)N/N=C/c2ccc(Br)cc2)cc1C. The van der Waals surface area contributed by atoms with Crippen molar-refractivity contribution in [1.29, 1.82) is 0 Å². The number of aryl methyl sites for hydroxylation is 2. The average Bonchev–Trinajstić information content (AvgIpc) is 2.50. The van der Waals surface area contributed by atoms with Gasteiger partial charge in [0.15, 0.2) is 6.61 Å². The van der Waals surface area contributed by atoms with Crippen LogP contribution in [0.2, 0.25) is 0 Å².